The summed E-state index contributed by atoms with van der Waals surface area (Å²) in [6.07, 6.45) is 2.87. The van der Waals surface area contributed by atoms with E-state index in [1.807, 2.05) is 66.5 Å². The van der Waals surface area contributed by atoms with Crippen molar-refractivity contribution in [1.29, 1.82) is 0 Å². The Hall–Kier alpha value is -4.28. The number of nitrogens with zero attached hydrogens (tertiary/aromatic N) is 3. The molecule has 10 nitrogen and oxygen atoms in total. The lowest BCUT2D eigenvalue weighted by Crippen LogP contribution is -2.57. The molecule has 246 valence electrons. The smallest absolute Gasteiger partial charge is 0.241 e. The molecule has 2 aliphatic rings. The van der Waals surface area contributed by atoms with Crippen LogP contribution in [-0.2, 0) is 27.4 Å². The Morgan fingerprint density at radius 2 is 1.83 bits per heavy atom. The van der Waals surface area contributed by atoms with E-state index in [1.165, 1.54) is 5.56 Å². The van der Waals surface area contributed by atoms with Crippen LogP contribution in [0.1, 0.15) is 30.9 Å². The van der Waals surface area contributed by atoms with Crippen LogP contribution in [0, 0.1) is 0 Å². The standard InChI is InChI=1S/C36H46N4O6/c1-27(41)38(2)18-19-39-17-6-9-28-11-14-33(22-34(28)39)46-26-31-23-37-24-36(42)40(31)30-12-15-32(16-13-30)45-21-7-20-44-25-29-8-4-5-10-35(29)43-3/h4-5,8,10-16,22,31,37H,6-7,9,17-21,23-26H2,1-3H3/t31-/m1/s1. The van der Waals surface area contributed by atoms with Gasteiger partial charge in [-0.25, -0.2) is 0 Å². The summed E-state index contributed by atoms with van der Waals surface area (Å²) in [5.41, 5.74) is 4.29. The molecule has 0 radical (unpaired) electrons. The van der Waals surface area contributed by atoms with E-state index in [-0.39, 0.29) is 24.4 Å². The van der Waals surface area contributed by atoms with Crippen molar-refractivity contribution in [2.45, 2.75) is 38.8 Å². The Morgan fingerprint density at radius 3 is 2.63 bits per heavy atom. The largest absolute Gasteiger partial charge is 0.496 e. The van der Waals surface area contributed by atoms with Gasteiger partial charge in [0.05, 0.1) is 39.5 Å². The molecule has 0 bridgehead atoms. The third kappa shape index (κ3) is 8.70. The van der Waals surface area contributed by atoms with E-state index in [2.05, 4.69) is 22.3 Å². The van der Waals surface area contributed by atoms with E-state index in [4.69, 9.17) is 18.9 Å². The number of ether oxygens (including phenoxy) is 4. The summed E-state index contributed by atoms with van der Waals surface area (Å²) in [6, 6.07) is 21.6. The minimum absolute atomic E-state index is 0.00641. The first-order valence-electron chi connectivity index (χ1n) is 16.1. The van der Waals surface area contributed by atoms with Crippen LogP contribution < -0.4 is 29.3 Å². The number of para-hydroxylation sites is 1. The summed E-state index contributed by atoms with van der Waals surface area (Å²) in [7, 11) is 3.50. The molecule has 0 spiro atoms. The van der Waals surface area contributed by atoms with Gasteiger partial charge in [-0.05, 0) is 54.8 Å². The molecule has 0 saturated carbocycles. The second kappa shape index (κ2) is 16.3. The van der Waals surface area contributed by atoms with E-state index >= 15 is 0 Å². The summed E-state index contributed by atoms with van der Waals surface area (Å²) in [5, 5.41) is 3.23. The predicted molar refractivity (Wildman–Crippen MR) is 179 cm³/mol. The second-order valence-corrected chi connectivity index (χ2v) is 11.7. The first-order chi connectivity index (χ1) is 22.4. The molecule has 0 aliphatic carbocycles. The number of piperazine rings is 1. The number of anilines is 2. The molecule has 0 aromatic heterocycles. The third-order valence-electron chi connectivity index (χ3n) is 8.51. The van der Waals surface area contributed by atoms with E-state index in [0.717, 1.165) is 66.5 Å². The molecule has 10 heteroatoms. The van der Waals surface area contributed by atoms with Gasteiger partial charge in [0.1, 0.15) is 23.9 Å². The molecular formula is C36H46N4O6. The van der Waals surface area contributed by atoms with Crippen molar-refractivity contribution in [3.8, 4) is 17.2 Å². The second-order valence-electron chi connectivity index (χ2n) is 11.7. The first kappa shape index (κ1) is 33.1. The van der Waals surface area contributed by atoms with Crippen LogP contribution in [0.25, 0.3) is 0 Å². The summed E-state index contributed by atoms with van der Waals surface area (Å²) < 4.78 is 23.4. The van der Waals surface area contributed by atoms with Gasteiger partial charge in [-0.15, -0.1) is 0 Å². The van der Waals surface area contributed by atoms with E-state index < -0.39 is 0 Å². The Labute approximate surface area is 272 Å². The van der Waals surface area contributed by atoms with Crippen molar-refractivity contribution in [2.75, 3.05) is 76.5 Å². The Bertz CT molecular complexity index is 1450. The van der Waals surface area contributed by atoms with Crippen molar-refractivity contribution >= 4 is 23.2 Å². The Balaban J connectivity index is 1.12. The maximum atomic E-state index is 13.0. The van der Waals surface area contributed by atoms with Crippen LogP contribution in [0.15, 0.2) is 66.7 Å². The maximum Gasteiger partial charge on any atom is 0.241 e. The van der Waals surface area contributed by atoms with Gasteiger partial charge in [0, 0.05) is 69.6 Å². The molecule has 3 aromatic carbocycles. The SMILES string of the molecule is COc1ccccc1COCCCOc1ccc(N2C(=O)CNC[C@@H]2COc2ccc3c(c2)N(CCN(C)C(C)=O)CCC3)cc1. The number of carbonyl (C=O) groups excluding carboxylic acids is 2. The molecule has 5 rings (SSSR count). The number of aryl methyl sites for hydroxylation is 1. The van der Waals surface area contributed by atoms with Crippen LogP contribution in [0.3, 0.4) is 0 Å². The maximum absolute atomic E-state index is 13.0. The highest BCUT2D eigenvalue weighted by Gasteiger charge is 2.30. The normalized spacial score (nSPS) is 16.2. The zero-order chi connectivity index (χ0) is 32.3. The Morgan fingerprint density at radius 1 is 1.02 bits per heavy atom. The average Bonchev–Trinajstić information content (AvgIpc) is 3.08. The quantitative estimate of drug-likeness (QED) is 0.249. The fourth-order valence-electron chi connectivity index (χ4n) is 5.85. The number of rotatable bonds is 15. The summed E-state index contributed by atoms with van der Waals surface area (Å²) in [5.74, 6) is 2.43. The first-order valence-corrected chi connectivity index (χ1v) is 16.1. The number of hydrogen-bond acceptors (Lipinski definition) is 8. The molecule has 1 saturated heterocycles. The highest BCUT2D eigenvalue weighted by molar-refractivity contribution is 5.96. The van der Waals surface area contributed by atoms with E-state index in [9.17, 15) is 9.59 Å². The van der Waals surface area contributed by atoms with Crippen molar-refractivity contribution < 1.29 is 28.5 Å². The van der Waals surface area contributed by atoms with E-state index in [1.54, 1.807) is 18.9 Å². The van der Waals surface area contributed by atoms with Gasteiger partial charge < -0.3 is 39.0 Å². The monoisotopic (exact) mass is 630 g/mol. The zero-order valence-electron chi connectivity index (χ0n) is 27.2. The predicted octanol–water partition coefficient (Wildman–Crippen LogP) is 4.30. The summed E-state index contributed by atoms with van der Waals surface area (Å²) in [6.45, 7) is 6.87. The molecule has 1 atom stereocenters. The van der Waals surface area contributed by atoms with Gasteiger partial charge in [-0.1, -0.05) is 24.3 Å². The van der Waals surface area contributed by atoms with Crippen LogP contribution in [0.5, 0.6) is 17.2 Å². The summed E-state index contributed by atoms with van der Waals surface area (Å²) >= 11 is 0. The summed E-state index contributed by atoms with van der Waals surface area (Å²) in [4.78, 5) is 30.6. The number of fused-ring (bicyclic) bond motifs is 1. The Kier molecular flexibility index (Phi) is 11.7. The van der Waals surface area contributed by atoms with E-state index in [0.29, 0.717) is 39.5 Å². The molecule has 1 N–H and O–H groups in total. The topological polar surface area (TPSA) is 92.8 Å². The molecule has 0 unspecified atom stereocenters. The van der Waals surface area contributed by atoms with Crippen LogP contribution in [0.2, 0.25) is 0 Å². The minimum Gasteiger partial charge on any atom is -0.496 e. The number of amides is 2. The van der Waals surface area contributed by atoms with Crippen molar-refractivity contribution in [2.24, 2.45) is 0 Å². The number of hydrogen-bond donors (Lipinski definition) is 1. The fraction of sp³-hybridized carbons (Fsp3) is 0.444. The van der Waals surface area contributed by atoms with Gasteiger partial charge >= 0.3 is 0 Å². The number of likely N-dealkylation sites (N-methyl/N-ethyl adjacent to an activating group) is 1. The number of methoxy groups -OCH3 is 1. The molecule has 2 aliphatic heterocycles. The molecular weight excluding hydrogens is 584 g/mol. The third-order valence-corrected chi connectivity index (χ3v) is 8.51. The zero-order valence-corrected chi connectivity index (χ0v) is 27.2. The van der Waals surface area contributed by atoms with Crippen LogP contribution in [0.4, 0.5) is 11.4 Å². The van der Waals surface area contributed by atoms with Crippen molar-refractivity contribution in [3.63, 3.8) is 0 Å². The van der Waals surface area contributed by atoms with Gasteiger partial charge in [0.2, 0.25) is 11.8 Å². The number of nitrogens with one attached hydrogen (secondary N) is 1. The molecule has 46 heavy (non-hydrogen) atoms. The minimum atomic E-state index is -0.162. The van der Waals surface area contributed by atoms with Crippen LogP contribution in [-0.4, -0.2) is 89.5 Å². The average molecular weight is 631 g/mol. The molecule has 1 fully saturated rings. The molecule has 3 aromatic rings. The van der Waals surface area contributed by atoms with Crippen molar-refractivity contribution in [1.82, 2.24) is 10.2 Å². The lowest BCUT2D eigenvalue weighted by Gasteiger charge is -2.36. The number of carbonyl (C=O) groups is 2. The molecule has 2 heterocycles. The van der Waals surface area contributed by atoms with Crippen LogP contribution >= 0.6 is 0 Å². The van der Waals surface area contributed by atoms with Gasteiger partial charge in [0.15, 0.2) is 0 Å². The lowest BCUT2D eigenvalue weighted by atomic mass is 10.0. The molecule has 2 amide bonds. The lowest BCUT2D eigenvalue weighted by molar-refractivity contribution is -0.127. The van der Waals surface area contributed by atoms with Gasteiger partial charge in [-0.2, -0.15) is 0 Å². The van der Waals surface area contributed by atoms with Gasteiger partial charge in [0.25, 0.3) is 0 Å². The number of benzene rings is 3. The highest BCUT2D eigenvalue weighted by atomic mass is 16.5. The fourth-order valence-corrected chi connectivity index (χ4v) is 5.85. The highest BCUT2D eigenvalue weighted by Crippen LogP contribution is 2.31. The van der Waals surface area contributed by atoms with Gasteiger partial charge in [-0.3, -0.25) is 9.59 Å². The van der Waals surface area contributed by atoms with Crippen molar-refractivity contribution in [3.05, 3.63) is 77.9 Å².